The largest absolute Gasteiger partial charge is 0.504 e. The maximum atomic E-state index is 14.3. The number of rotatable bonds is 5. The molecule has 7 heterocycles. The molecule has 3 aromatic rings. The predicted octanol–water partition coefficient (Wildman–Crippen LogP) is 3.49. The Bertz CT molecular complexity index is 2150. The molecule has 9 rings (SSSR count). The van der Waals surface area contributed by atoms with Crippen molar-refractivity contribution in [2.45, 2.75) is 76.7 Å². The van der Waals surface area contributed by atoms with Crippen molar-refractivity contribution in [2.24, 2.45) is 5.92 Å². The number of carbonyl (C=O) groups excluding carboxylic acids is 4. The van der Waals surface area contributed by atoms with E-state index in [2.05, 4.69) is 67.3 Å². The lowest BCUT2D eigenvalue weighted by atomic mass is 9.92. The number of phenolic OH excluding ortho intramolecular Hbond substituents is 1. The van der Waals surface area contributed by atoms with Crippen LogP contribution in [-0.2, 0) is 16.1 Å². The molecular formula is C42H51FN10O5. The first-order valence-corrected chi connectivity index (χ1v) is 20.6. The summed E-state index contributed by atoms with van der Waals surface area (Å²) in [5, 5.41) is 24.8. The Morgan fingerprint density at radius 2 is 1.74 bits per heavy atom. The van der Waals surface area contributed by atoms with Gasteiger partial charge in [0.05, 0.1) is 16.9 Å². The number of nitrogens with zero attached hydrogens (tertiary/aromatic N) is 8. The molecule has 0 unspecified atom stereocenters. The number of aromatic nitrogens is 2. The highest BCUT2D eigenvalue weighted by Crippen LogP contribution is 2.41. The minimum atomic E-state index is -0.714. The fraction of sp³-hybridized carbons (Fsp3) is 0.524. The third-order valence-electron chi connectivity index (χ3n) is 13.2. The van der Waals surface area contributed by atoms with E-state index in [1.807, 2.05) is 23.1 Å². The number of hydrogen-bond acceptors (Lipinski definition) is 11. The number of para-hydroxylation sites is 1. The highest BCUT2D eigenvalue weighted by atomic mass is 19.1. The lowest BCUT2D eigenvalue weighted by molar-refractivity contribution is -0.136. The average molecular weight is 795 g/mol. The number of halogens is 1. The second-order valence-electron chi connectivity index (χ2n) is 17.3. The SMILES string of the molecule is C[C@@H]1CN(CC2CCN(c3ccc4c(c3)C(=O)N([C@@H]3CCC(=O)NC3=O)C4)CC2)C[C@H](C)N1C(=O)N1CCN2c3cc(-c4cccc(F)c4O)nnc3NC[C@@]2(C)C1. The number of imide groups is 1. The fourth-order valence-electron chi connectivity index (χ4n) is 10.2. The smallest absolute Gasteiger partial charge is 0.320 e. The van der Waals surface area contributed by atoms with E-state index in [1.54, 1.807) is 11.0 Å². The molecule has 6 aliphatic rings. The molecule has 6 aliphatic heterocycles. The number of carbonyl (C=O) groups is 4. The van der Waals surface area contributed by atoms with Crippen LogP contribution in [0, 0.1) is 11.7 Å². The molecule has 4 atom stereocenters. The van der Waals surface area contributed by atoms with Crippen LogP contribution in [0.4, 0.5) is 26.4 Å². The van der Waals surface area contributed by atoms with Gasteiger partial charge in [-0.2, -0.15) is 0 Å². The van der Waals surface area contributed by atoms with Gasteiger partial charge >= 0.3 is 6.03 Å². The molecular weight excluding hydrogens is 744 g/mol. The molecule has 5 amide bonds. The van der Waals surface area contributed by atoms with Crippen molar-refractivity contribution in [3.05, 3.63) is 59.4 Å². The van der Waals surface area contributed by atoms with Gasteiger partial charge in [-0.1, -0.05) is 12.1 Å². The van der Waals surface area contributed by atoms with Crippen LogP contribution in [0.15, 0.2) is 42.5 Å². The molecule has 0 radical (unpaired) electrons. The first-order chi connectivity index (χ1) is 27.9. The van der Waals surface area contributed by atoms with Gasteiger partial charge in [0.15, 0.2) is 17.4 Å². The van der Waals surface area contributed by atoms with Gasteiger partial charge in [0.25, 0.3) is 5.91 Å². The predicted molar refractivity (Wildman–Crippen MR) is 215 cm³/mol. The monoisotopic (exact) mass is 794 g/mol. The Balaban J connectivity index is 0.783. The van der Waals surface area contributed by atoms with Crippen LogP contribution in [0.25, 0.3) is 11.3 Å². The lowest BCUT2D eigenvalue weighted by Crippen LogP contribution is -2.69. The molecule has 0 aliphatic carbocycles. The van der Waals surface area contributed by atoms with Crippen LogP contribution in [0.2, 0.25) is 0 Å². The quantitative estimate of drug-likeness (QED) is 0.325. The summed E-state index contributed by atoms with van der Waals surface area (Å²) in [7, 11) is 0. The molecule has 4 saturated heterocycles. The average Bonchev–Trinajstić information content (AvgIpc) is 3.53. The van der Waals surface area contributed by atoms with Crippen molar-refractivity contribution in [1.29, 1.82) is 0 Å². The number of urea groups is 1. The number of benzene rings is 2. The van der Waals surface area contributed by atoms with E-state index in [4.69, 9.17) is 0 Å². The van der Waals surface area contributed by atoms with E-state index < -0.39 is 29.1 Å². The van der Waals surface area contributed by atoms with Gasteiger partial charge < -0.3 is 34.9 Å². The van der Waals surface area contributed by atoms with E-state index in [-0.39, 0.29) is 41.9 Å². The van der Waals surface area contributed by atoms with Crippen molar-refractivity contribution < 1.29 is 28.7 Å². The molecule has 1 aromatic heterocycles. The van der Waals surface area contributed by atoms with Gasteiger partial charge in [-0.05, 0) is 81.8 Å². The zero-order chi connectivity index (χ0) is 40.5. The second-order valence-corrected chi connectivity index (χ2v) is 17.3. The zero-order valence-corrected chi connectivity index (χ0v) is 33.3. The Morgan fingerprint density at radius 3 is 2.50 bits per heavy atom. The molecule has 306 valence electrons. The van der Waals surface area contributed by atoms with Crippen molar-refractivity contribution >= 4 is 40.9 Å². The number of piperidine rings is 2. The number of phenols is 1. The molecule has 15 nitrogen and oxygen atoms in total. The van der Waals surface area contributed by atoms with Gasteiger partial charge in [-0.3, -0.25) is 24.6 Å². The molecule has 3 N–H and O–H groups in total. The minimum absolute atomic E-state index is 0.0489. The Morgan fingerprint density at radius 1 is 0.966 bits per heavy atom. The third kappa shape index (κ3) is 6.74. The number of nitrogens with one attached hydrogen (secondary N) is 2. The van der Waals surface area contributed by atoms with E-state index in [0.717, 1.165) is 62.5 Å². The van der Waals surface area contributed by atoms with Crippen LogP contribution in [0.1, 0.15) is 62.4 Å². The summed E-state index contributed by atoms with van der Waals surface area (Å²) < 4.78 is 14.2. The van der Waals surface area contributed by atoms with E-state index in [1.165, 1.54) is 12.1 Å². The number of aromatic hydroxyl groups is 1. The summed E-state index contributed by atoms with van der Waals surface area (Å²) in [6.45, 7) is 13.5. The summed E-state index contributed by atoms with van der Waals surface area (Å²) in [6, 6.07) is 11.8. The standard InChI is InChI=1S/C42H51FN10O5/c1-25-19-48(21-27-11-13-49(14-12-27)29-8-7-28-22-51(40(57)31(28)17-29)34-9-10-36(54)45-39(34)56)20-26(2)53(25)41(58)50-15-16-52-35-18-33(30-5-4-6-32(43)37(30)55)46-47-38(35)44-23-42(52,3)24-50/h4-8,17-18,25-27,34,55H,9-16,19-24H2,1-3H3,(H,44,47)(H,45,54,56)/t25-,26+,34-,42+/m1/s1. The van der Waals surface area contributed by atoms with E-state index >= 15 is 0 Å². The molecule has 16 heteroatoms. The van der Waals surface area contributed by atoms with Crippen molar-refractivity contribution in [3.8, 4) is 17.0 Å². The van der Waals surface area contributed by atoms with Gasteiger partial charge in [0, 0.05) is 101 Å². The van der Waals surface area contributed by atoms with E-state index in [0.29, 0.717) is 62.1 Å². The van der Waals surface area contributed by atoms with Crippen molar-refractivity contribution in [3.63, 3.8) is 0 Å². The zero-order valence-electron chi connectivity index (χ0n) is 33.3. The topological polar surface area (TPSA) is 158 Å². The second kappa shape index (κ2) is 14.7. The Hall–Kier alpha value is -5.51. The summed E-state index contributed by atoms with van der Waals surface area (Å²) in [6.07, 6.45) is 2.66. The van der Waals surface area contributed by atoms with Crippen molar-refractivity contribution in [2.75, 3.05) is 74.0 Å². The van der Waals surface area contributed by atoms with Crippen LogP contribution < -0.4 is 20.4 Å². The highest BCUT2D eigenvalue weighted by molar-refractivity contribution is 6.05. The first-order valence-electron chi connectivity index (χ1n) is 20.6. The fourth-order valence-corrected chi connectivity index (χ4v) is 10.2. The third-order valence-corrected chi connectivity index (χ3v) is 13.2. The molecule has 2 aromatic carbocycles. The van der Waals surface area contributed by atoms with E-state index in [9.17, 15) is 28.7 Å². The van der Waals surface area contributed by atoms with Gasteiger partial charge in [0.2, 0.25) is 11.8 Å². The van der Waals surface area contributed by atoms with Crippen LogP contribution in [0.3, 0.4) is 0 Å². The Kier molecular flexibility index (Phi) is 9.64. The summed E-state index contributed by atoms with van der Waals surface area (Å²) in [5.74, 6) is -0.847. The normalized spacial score (nSPS) is 26.6. The number of amides is 5. The first kappa shape index (κ1) is 38.0. The minimum Gasteiger partial charge on any atom is -0.504 e. The number of piperazine rings is 2. The molecule has 4 fully saturated rings. The number of fused-ring (bicyclic) bond motifs is 4. The van der Waals surface area contributed by atoms with Gasteiger partial charge in [-0.15, -0.1) is 10.2 Å². The maximum absolute atomic E-state index is 14.3. The molecule has 0 spiro atoms. The van der Waals surface area contributed by atoms with Gasteiger partial charge in [0.1, 0.15) is 6.04 Å². The molecule has 0 bridgehead atoms. The molecule has 0 saturated carbocycles. The summed E-state index contributed by atoms with van der Waals surface area (Å²) in [4.78, 5) is 64.6. The Labute approximate surface area is 337 Å². The lowest BCUT2D eigenvalue weighted by Gasteiger charge is -2.54. The number of hydrogen-bond donors (Lipinski definition) is 3. The summed E-state index contributed by atoms with van der Waals surface area (Å²) in [5.41, 5.74) is 3.64. The summed E-state index contributed by atoms with van der Waals surface area (Å²) >= 11 is 0. The van der Waals surface area contributed by atoms with Crippen molar-refractivity contribution in [1.82, 2.24) is 35.1 Å². The van der Waals surface area contributed by atoms with Crippen LogP contribution in [-0.4, -0.2) is 141 Å². The van der Waals surface area contributed by atoms with Gasteiger partial charge in [-0.25, -0.2) is 9.18 Å². The molecule has 58 heavy (non-hydrogen) atoms. The van der Waals surface area contributed by atoms with Crippen LogP contribution >= 0.6 is 0 Å². The highest BCUT2D eigenvalue weighted by Gasteiger charge is 2.46. The number of anilines is 3. The maximum Gasteiger partial charge on any atom is 0.320 e. The van der Waals surface area contributed by atoms with Crippen LogP contribution in [0.5, 0.6) is 5.75 Å².